The molecule has 25 heavy (non-hydrogen) atoms. The second-order valence-corrected chi connectivity index (χ2v) is 7.91. The molecule has 5 nitrogen and oxygen atoms in total. The van der Waals surface area contributed by atoms with Gasteiger partial charge in [0.05, 0.1) is 0 Å². The molecule has 0 aromatic heterocycles. The summed E-state index contributed by atoms with van der Waals surface area (Å²) in [5.41, 5.74) is -0.690. The first kappa shape index (κ1) is 16.5. The van der Waals surface area contributed by atoms with Crippen LogP contribution in [0, 0.1) is 17.3 Å². The molecule has 2 saturated carbocycles. The SMILES string of the molecule is CC(=O)Oc1ccc2c(c1)CC[C@@H]1[C@@H]3CCC(=O)[C@@]3(C)CC(=O)[C@]21O. The fourth-order valence-electron chi connectivity index (χ4n) is 5.39. The van der Waals surface area contributed by atoms with Crippen LogP contribution in [0.4, 0.5) is 0 Å². The zero-order chi connectivity index (χ0) is 18.0. The minimum Gasteiger partial charge on any atom is -0.427 e. The molecule has 1 aromatic carbocycles. The Bertz CT molecular complexity index is 797. The first-order valence-electron chi connectivity index (χ1n) is 8.87. The van der Waals surface area contributed by atoms with Crippen molar-refractivity contribution in [1.29, 1.82) is 0 Å². The number of aryl methyl sites for hydroxylation is 1. The van der Waals surface area contributed by atoms with E-state index in [-0.39, 0.29) is 29.8 Å². The maximum atomic E-state index is 13.0. The Balaban J connectivity index is 1.78. The van der Waals surface area contributed by atoms with Gasteiger partial charge in [0, 0.05) is 31.1 Å². The third kappa shape index (κ3) is 2.15. The highest BCUT2D eigenvalue weighted by atomic mass is 16.5. The van der Waals surface area contributed by atoms with Gasteiger partial charge in [-0.2, -0.15) is 0 Å². The van der Waals surface area contributed by atoms with Crippen molar-refractivity contribution in [3.63, 3.8) is 0 Å². The third-order valence-corrected chi connectivity index (χ3v) is 6.59. The lowest BCUT2D eigenvalue weighted by molar-refractivity contribution is -0.169. The zero-order valence-electron chi connectivity index (χ0n) is 14.5. The predicted octanol–water partition coefficient (Wildman–Crippen LogP) is 2.32. The average molecular weight is 342 g/mol. The van der Waals surface area contributed by atoms with Gasteiger partial charge in [0.1, 0.15) is 11.5 Å². The van der Waals surface area contributed by atoms with Gasteiger partial charge in [-0.3, -0.25) is 14.4 Å². The Kier molecular flexibility index (Phi) is 3.45. The molecule has 3 aliphatic rings. The second kappa shape index (κ2) is 5.24. The van der Waals surface area contributed by atoms with Crippen LogP contribution in [0.3, 0.4) is 0 Å². The number of rotatable bonds is 1. The summed E-state index contributed by atoms with van der Waals surface area (Å²) in [4.78, 5) is 36.5. The topological polar surface area (TPSA) is 80.7 Å². The Morgan fingerprint density at radius 2 is 1.88 bits per heavy atom. The molecule has 0 radical (unpaired) electrons. The molecule has 3 aliphatic carbocycles. The van der Waals surface area contributed by atoms with Crippen LogP contribution in [0.2, 0.25) is 0 Å². The van der Waals surface area contributed by atoms with Gasteiger partial charge in [-0.05, 0) is 48.4 Å². The molecule has 4 atom stereocenters. The quantitative estimate of drug-likeness (QED) is 0.626. The van der Waals surface area contributed by atoms with Crippen molar-refractivity contribution in [3.05, 3.63) is 29.3 Å². The summed E-state index contributed by atoms with van der Waals surface area (Å²) >= 11 is 0. The van der Waals surface area contributed by atoms with Crippen molar-refractivity contribution in [2.24, 2.45) is 17.3 Å². The number of benzene rings is 1. The number of hydrogen-bond donors (Lipinski definition) is 1. The van der Waals surface area contributed by atoms with E-state index in [1.54, 1.807) is 18.2 Å². The fraction of sp³-hybridized carbons (Fsp3) is 0.550. The van der Waals surface area contributed by atoms with Crippen LogP contribution in [-0.4, -0.2) is 22.6 Å². The standard InChI is InChI=1S/C20H22O5/c1-11(21)25-13-4-6-14-12(9-13)3-5-16-15-7-8-17(22)19(15,2)10-18(23)20(14,16)24/h4,6,9,15-16,24H,3,5,7-8,10H2,1-2H3/t15-,16+,19-,20-/m0/s1. The van der Waals surface area contributed by atoms with E-state index in [4.69, 9.17) is 4.74 Å². The minimum absolute atomic E-state index is 0.0454. The molecule has 132 valence electrons. The molecule has 1 aromatic rings. The third-order valence-electron chi connectivity index (χ3n) is 6.59. The number of hydrogen-bond acceptors (Lipinski definition) is 5. The number of fused-ring (bicyclic) bond motifs is 5. The predicted molar refractivity (Wildman–Crippen MR) is 88.9 cm³/mol. The number of aliphatic hydroxyl groups is 1. The molecule has 2 fully saturated rings. The van der Waals surface area contributed by atoms with Crippen molar-refractivity contribution < 1.29 is 24.2 Å². The lowest BCUT2D eigenvalue weighted by Crippen LogP contribution is -2.57. The summed E-state index contributed by atoms with van der Waals surface area (Å²) in [7, 11) is 0. The molecule has 0 spiro atoms. The van der Waals surface area contributed by atoms with Crippen LogP contribution >= 0.6 is 0 Å². The van der Waals surface area contributed by atoms with Gasteiger partial charge in [-0.15, -0.1) is 0 Å². The fourth-order valence-corrected chi connectivity index (χ4v) is 5.39. The Hall–Kier alpha value is -2.01. The monoisotopic (exact) mass is 342 g/mol. The van der Waals surface area contributed by atoms with Crippen molar-refractivity contribution >= 4 is 17.5 Å². The van der Waals surface area contributed by atoms with E-state index in [1.807, 2.05) is 6.92 Å². The number of ketones is 2. The van der Waals surface area contributed by atoms with Gasteiger partial charge >= 0.3 is 5.97 Å². The van der Waals surface area contributed by atoms with E-state index in [1.165, 1.54) is 6.92 Å². The second-order valence-electron chi connectivity index (χ2n) is 7.91. The van der Waals surface area contributed by atoms with Crippen LogP contribution < -0.4 is 4.74 Å². The van der Waals surface area contributed by atoms with E-state index in [0.29, 0.717) is 30.6 Å². The summed E-state index contributed by atoms with van der Waals surface area (Å²) in [6.45, 7) is 3.23. The van der Waals surface area contributed by atoms with Gasteiger partial charge in [0.25, 0.3) is 0 Å². The summed E-state index contributed by atoms with van der Waals surface area (Å²) in [6, 6.07) is 5.07. The molecule has 0 bridgehead atoms. The largest absolute Gasteiger partial charge is 0.427 e. The van der Waals surface area contributed by atoms with E-state index in [9.17, 15) is 19.5 Å². The van der Waals surface area contributed by atoms with Crippen molar-refractivity contribution in [1.82, 2.24) is 0 Å². The highest BCUT2D eigenvalue weighted by molar-refractivity contribution is 5.98. The molecule has 0 heterocycles. The van der Waals surface area contributed by atoms with E-state index < -0.39 is 17.0 Å². The van der Waals surface area contributed by atoms with Crippen LogP contribution in [0.5, 0.6) is 5.75 Å². The maximum Gasteiger partial charge on any atom is 0.308 e. The van der Waals surface area contributed by atoms with E-state index >= 15 is 0 Å². The molecule has 0 saturated heterocycles. The lowest BCUT2D eigenvalue weighted by Gasteiger charge is -2.51. The summed E-state index contributed by atoms with van der Waals surface area (Å²) in [6.07, 6.45) is 2.71. The molecular formula is C20H22O5. The molecule has 0 aliphatic heterocycles. The van der Waals surface area contributed by atoms with Gasteiger partial charge < -0.3 is 9.84 Å². The Morgan fingerprint density at radius 1 is 1.16 bits per heavy atom. The number of ether oxygens (including phenoxy) is 1. The summed E-state index contributed by atoms with van der Waals surface area (Å²) in [5, 5.41) is 11.5. The molecule has 4 rings (SSSR count). The number of Topliss-reactive ketones (excluding diaryl/α,β-unsaturated/α-hetero) is 2. The maximum absolute atomic E-state index is 13.0. The van der Waals surface area contributed by atoms with E-state index in [2.05, 4.69) is 0 Å². The van der Waals surface area contributed by atoms with Crippen LogP contribution in [0.15, 0.2) is 18.2 Å². The van der Waals surface area contributed by atoms with Crippen molar-refractivity contribution in [3.8, 4) is 5.75 Å². The first-order chi connectivity index (χ1) is 11.8. The van der Waals surface area contributed by atoms with Crippen molar-refractivity contribution in [2.75, 3.05) is 0 Å². The van der Waals surface area contributed by atoms with Gasteiger partial charge in [-0.1, -0.05) is 13.0 Å². The minimum atomic E-state index is -1.53. The molecular weight excluding hydrogens is 320 g/mol. The van der Waals surface area contributed by atoms with Crippen LogP contribution in [0.25, 0.3) is 0 Å². The van der Waals surface area contributed by atoms with Crippen molar-refractivity contribution in [2.45, 2.75) is 51.6 Å². The normalized spacial score (nSPS) is 36.4. The van der Waals surface area contributed by atoms with E-state index in [0.717, 1.165) is 12.0 Å². The molecule has 5 heteroatoms. The lowest BCUT2D eigenvalue weighted by atomic mass is 9.53. The summed E-state index contributed by atoms with van der Waals surface area (Å²) in [5.74, 6) is -0.253. The first-order valence-corrected chi connectivity index (χ1v) is 8.87. The number of esters is 1. The summed E-state index contributed by atoms with van der Waals surface area (Å²) < 4.78 is 5.13. The van der Waals surface area contributed by atoms with Gasteiger partial charge in [-0.25, -0.2) is 0 Å². The zero-order valence-corrected chi connectivity index (χ0v) is 14.5. The molecule has 1 N–H and O–H groups in total. The average Bonchev–Trinajstić information content (AvgIpc) is 2.82. The smallest absolute Gasteiger partial charge is 0.308 e. The number of carbonyl (C=O) groups is 3. The van der Waals surface area contributed by atoms with Gasteiger partial charge in [0.15, 0.2) is 11.4 Å². The highest BCUT2D eigenvalue weighted by Gasteiger charge is 2.63. The molecule has 0 unspecified atom stereocenters. The van der Waals surface area contributed by atoms with Gasteiger partial charge in [0.2, 0.25) is 0 Å². The Morgan fingerprint density at radius 3 is 2.60 bits per heavy atom. The molecule has 0 amide bonds. The van der Waals surface area contributed by atoms with Crippen LogP contribution in [-0.2, 0) is 26.4 Å². The Labute approximate surface area is 146 Å². The van der Waals surface area contributed by atoms with Crippen LogP contribution in [0.1, 0.15) is 50.7 Å². The number of carbonyl (C=O) groups excluding carboxylic acids is 3. The highest BCUT2D eigenvalue weighted by Crippen LogP contribution is 2.59.